The molecule has 0 unspecified atom stereocenters. The maximum absolute atomic E-state index is 10.8. The molecule has 3 rings (SSSR count). The van der Waals surface area contributed by atoms with Crippen LogP contribution in [0.2, 0.25) is 0 Å². The van der Waals surface area contributed by atoms with Crippen molar-refractivity contribution in [1.29, 1.82) is 0 Å². The van der Waals surface area contributed by atoms with Crippen LogP contribution in [0, 0.1) is 5.41 Å². The second-order valence-electron chi connectivity index (χ2n) is 7.67. The number of rotatable bonds is 9. The van der Waals surface area contributed by atoms with Crippen molar-refractivity contribution in [2.75, 3.05) is 33.3 Å². The number of ether oxygens (including phenoxy) is 1. The van der Waals surface area contributed by atoms with Gasteiger partial charge >= 0.3 is 5.97 Å². The van der Waals surface area contributed by atoms with Gasteiger partial charge in [0.15, 0.2) is 0 Å². The first-order valence-corrected chi connectivity index (χ1v) is 9.39. The molecule has 138 valence electrons. The minimum Gasteiger partial charge on any atom is -0.497 e. The number of aliphatic carboxylic acids is 1. The molecule has 0 radical (unpaired) electrons. The Labute approximate surface area is 150 Å². The average molecular weight is 346 g/mol. The lowest BCUT2D eigenvalue weighted by atomic mass is 9.73. The first-order valence-electron chi connectivity index (χ1n) is 9.39. The normalized spacial score (nSPS) is 20.4. The zero-order valence-electron chi connectivity index (χ0n) is 15.2. The summed E-state index contributed by atoms with van der Waals surface area (Å²) in [4.78, 5) is 13.1. The lowest BCUT2D eigenvalue weighted by Crippen LogP contribution is -2.47. The molecule has 0 bridgehead atoms. The Morgan fingerprint density at radius 2 is 2.12 bits per heavy atom. The van der Waals surface area contributed by atoms with Crippen LogP contribution in [0.15, 0.2) is 24.3 Å². The predicted molar refractivity (Wildman–Crippen MR) is 98.1 cm³/mol. The number of carbonyl (C=O) groups is 1. The standard InChI is InChI=1S/C20H30N2O3/c1-25-18-4-2-3-16(13-18)14-20(15-21-17-5-6-17)8-11-22(12-9-20)10-7-19(23)24/h2-4,13,17,21H,5-12,14-15H2,1H3,(H,23,24). The van der Waals surface area contributed by atoms with Crippen LogP contribution in [0.5, 0.6) is 5.75 Å². The number of likely N-dealkylation sites (tertiary alicyclic amines) is 1. The molecule has 1 aliphatic heterocycles. The molecule has 1 saturated heterocycles. The van der Waals surface area contributed by atoms with Gasteiger partial charge in [0.05, 0.1) is 13.5 Å². The fourth-order valence-electron chi connectivity index (χ4n) is 3.78. The smallest absolute Gasteiger partial charge is 0.304 e. The molecule has 25 heavy (non-hydrogen) atoms. The zero-order chi connectivity index (χ0) is 17.7. The Morgan fingerprint density at radius 1 is 1.36 bits per heavy atom. The van der Waals surface area contributed by atoms with Gasteiger partial charge in [-0.15, -0.1) is 0 Å². The van der Waals surface area contributed by atoms with Crippen LogP contribution in [0.3, 0.4) is 0 Å². The maximum atomic E-state index is 10.8. The number of benzene rings is 1. The van der Waals surface area contributed by atoms with E-state index in [4.69, 9.17) is 9.84 Å². The minimum absolute atomic E-state index is 0.239. The van der Waals surface area contributed by atoms with Crippen molar-refractivity contribution in [2.24, 2.45) is 5.41 Å². The highest BCUT2D eigenvalue weighted by atomic mass is 16.5. The lowest BCUT2D eigenvalue weighted by molar-refractivity contribution is -0.137. The third kappa shape index (κ3) is 5.44. The molecule has 0 atom stereocenters. The molecule has 5 heteroatoms. The fraction of sp³-hybridized carbons (Fsp3) is 0.650. The van der Waals surface area contributed by atoms with Crippen molar-refractivity contribution in [1.82, 2.24) is 10.2 Å². The fourth-order valence-corrected chi connectivity index (χ4v) is 3.78. The lowest BCUT2D eigenvalue weighted by Gasteiger charge is -2.42. The molecule has 0 amide bonds. The zero-order valence-corrected chi connectivity index (χ0v) is 15.2. The topological polar surface area (TPSA) is 61.8 Å². The summed E-state index contributed by atoms with van der Waals surface area (Å²) < 4.78 is 5.38. The van der Waals surface area contributed by atoms with Gasteiger partial charge in [-0.05, 0) is 68.3 Å². The summed E-state index contributed by atoms with van der Waals surface area (Å²) in [6.45, 7) is 3.70. The Hall–Kier alpha value is -1.59. The first kappa shape index (κ1) is 18.2. The van der Waals surface area contributed by atoms with Crippen molar-refractivity contribution in [2.45, 2.75) is 44.6 Å². The second kappa shape index (κ2) is 8.19. The van der Waals surface area contributed by atoms with Crippen molar-refractivity contribution in [3.63, 3.8) is 0 Å². The van der Waals surface area contributed by atoms with E-state index in [9.17, 15) is 4.79 Å². The first-order chi connectivity index (χ1) is 12.1. The Bertz CT molecular complexity index is 578. The summed E-state index contributed by atoms with van der Waals surface area (Å²) in [6, 6.07) is 9.12. The molecule has 0 spiro atoms. The molecule has 1 aliphatic carbocycles. The number of carboxylic acids is 1. The summed E-state index contributed by atoms with van der Waals surface area (Å²) in [7, 11) is 1.71. The molecular weight excluding hydrogens is 316 g/mol. The molecule has 2 N–H and O–H groups in total. The van der Waals surface area contributed by atoms with E-state index in [-0.39, 0.29) is 11.8 Å². The van der Waals surface area contributed by atoms with Crippen LogP contribution < -0.4 is 10.1 Å². The summed E-state index contributed by atoms with van der Waals surface area (Å²) in [5.41, 5.74) is 1.59. The molecule has 1 heterocycles. The molecule has 1 aromatic carbocycles. The summed E-state index contributed by atoms with van der Waals surface area (Å²) in [5, 5.41) is 12.6. The van der Waals surface area contributed by atoms with Gasteiger partial charge in [0.2, 0.25) is 0 Å². The van der Waals surface area contributed by atoms with Crippen LogP contribution in [0.4, 0.5) is 0 Å². The van der Waals surface area contributed by atoms with E-state index in [1.807, 2.05) is 6.07 Å². The van der Waals surface area contributed by atoms with E-state index in [0.717, 1.165) is 44.6 Å². The number of hydrogen-bond acceptors (Lipinski definition) is 4. The highest BCUT2D eigenvalue weighted by molar-refractivity contribution is 5.66. The molecule has 1 aromatic rings. The van der Waals surface area contributed by atoms with Gasteiger partial charge in [0.25, 0.3) is 0 Å². The molecule has 0 aromatic heterocycles. The van der Waals surface area contributed by atoms with Gasteiger partial charge in [-0.1, -0.05) is 12.1 Å². The average Bonchev–Trinajstić information content (AvgIpc) is 3.44. The monoisotopic (exact) mass is 346 g/mol. The van der Waals surface area contributed by atoms with Gasteiger partial charge in [-0.2, -0.15) is 0 Å². The van der Waals surface area contributed by atoms with Gasteiger partial charge in [-0.25, -0.2) is 0 Å². The van der Waals surface area contributed by atoms with Crippen molar-refractivity contribution in [3.8, 4) is 5.75 Å². The van der Waals surface area contributed by atoms with Crippen LogP contribution >= 0.6 is 0 Å². The van der Waals surface area contributed by atoms with E-state index in [2.05, 4.69) is 28.4 Å². The maximum Gasteiger partial charge on any atom is 0.304 e. The second-order valence-corrected chi connectivity index (χ2v) is 7.67. The highest BCUT2D eigenvalue weighted by Crippen LogP contribution is 2.36. The summed E-state index contributed by atoms with van der Waals surface area (Å²) >= 11 is 0. The number of nitrogens with zero attached hydrogens (tertiary/aromatic N) is 1. The van der Waals surface area contributed by atoms with Crippen molar-refractivity contribution in [3.05, 3.63) is 29.8 Å². The quantitative estimate of drug-likeness (QED) is 0.719. The summed E-state index contributed by atoms with van der Waals surface area (Å²) in [5.74, 6) is 0.213. The predicted octanol–water partition coefficient (Wildman–Crippen LogP) is 2.55. The molecule has 2 aliphatic rings. The number of nitrogens with one attached hydrogen (secondary N) is 1. The van der Waals surface area contributed by atoms with Crippen molar-refractivity contribution >= 4 is 5.97 Å². The van der Waals surface area contributed by atoms with Crippen LogP contribution in [0.25, 0.3) is 0 Å². The van der Waals surface area contributed by atoms with Gasteiger partial charge < -0.3 is 20.1 Å². The van der Waals surface area contributed by atoms with Crippen molar-refractivity contribution < 1.29 is 14.6 Å². The van der Waals surface area contributed by atoms with E-state index >= 15 is 0 Å². The minimum atomic E-state index is -0.705. The third-order valence-electron chi connectivity index (χ3n) is 5.61. The highest BCUT2D eigenvalue weighted by Gasteiger charge is 2.36. The number of carboxylic acid groups (broad SMARTS) is 1. The SMILES string of the molecule is COc1cccc(CC2(CNC3CC3)CCN(CCC(=O)O)CC2)c1. The van der Waals surface area contributed by atoms with Crippen LogP contribution in [-0.4, -0.2) is 55.3 Å². The Morgan fingerprint density at radius 3 is 2.76 bits per heavy atom. The molecule has 1 saturated carbocycles. The Balaban J connectivity index is 1.63. The van der Waals surface area contributed by atoms with Crippen LogP contribution in [0.1, 0.15) is 37.7 Å². The van der Waals surface area contributed by atoms with E-state index in [0.29, 0.717) is 12.6 Å². The van der Waals surface area contributed by atoms with Gasteiger partial charge in [-0.3, -0.25) is 4.79 Å². The summed E-state index contributed by atoms with van der Waals surface area (Å²) in [6.07, 6.45) is 6.13. The molecule has 5 nitrogen and oxygen atoms in total. The van der Waals surface area contributed by atoms with E-state index in [1.165, 1.54) is 18.4 Å². The van der Waals surface area contributed by atoms with E-state index < -0.39 is 5.97 Å². The number of hydrogen-bond donors (Lipinski definition) is 2. The third-order valence-corrected chi connectivity index (χ3v) is 5.61. The number of methoxy groups -OCH3 is 1. The largest absolute Gasteiger partial charge is 0.497 e. The molecule has 2 fully saturated rings. The Kier molecular flexibility index (Phi) is 5.97. The number of piperidine rings is 1. The van der Waals surface area contributed by atoms with Crippen LogP contribution in [-0.2, 0) is 11.2 Å². The molecular formula is C20H30N2O3. The van der Waals surface area contributed by atoms with Gasteiger partial charge in [0.1, 0.15) is 5.75 Å². The van der Waals surface area contributed by atoms with Gasteiger partial charge in [0, 0.05) is 19.1 Å². The van der Waals surface area contributed by atoms with E-state index in [1.54, 1.807) is 7.11 Å².